The molecule has 0 fully saturated rings. The molecule has 0 aromatic heterocycles. The summed E-state index contributed by atoms with van der Waals surface area (Å²) in [5.41, 5.74) is -0.822. The lowest BCUT2D eigenvalue weighted by Gasteiger charge is -2.27. The molecule has 0 saturated heterocycles. The molecule has 0 heterocycles. The Morgan fingerprint density at radius 1 is 1.21 bits per heavy atom. The summed E-state index contributed by atoms with van der Waals surface area (Å²) in [6.45, 7) is 6.31. The Balaban J connectivity index is 4.61. The number of sulfonamides is 1. The number of likely N-dealkylation sites (N-methyl/N-ethyl adjacent to an activating group) is 2. The first-order valence-electron chi connectivity index (χ1n) is 7.62. The Morgan fingerprint density at radius 3 is 2.12 bits per heavy atom. The molecule has 0 aromatic rings. The largest absolute Gasteiger partial charge is 0.390 e. The Kier molecular flexibility index (Phi) is 8.30. The Labute approximate surface area is 144 Å². The van der Waals surface area contributed by atoms with Crippen LogP contribution in [0.3, 0.4) is 0 Å². The fraction of sp³-hybridized carbons (Fsp3) is 0.857. The fourth-order valence-corrected chi connectivity index (χ4v) is 1.98. The fourth-order valence-electron chi connectivity index (χ4n) is 1.56. The van der Waals surface area contributed by atoms with Crippen molar-refractivity contribution in [1.82, 2.24) is 20.3 Å². The summed E-state index contributed by atoms with van der Waals surface area (Å²) in [5.74, 6) is -0.804. The van der Waals surface area contributed by atoms with Crippen LogP contribution >= 0.6 is 0 Å². The number of rotatable bonds is 9. The predicted molar refractivity (Wildman–Crippen MR) is 91.8 cm³/mol. The summed E-state index contributed by atoms with van der Waals surface area (Å²) in [5, 5.41) is 18.0. The van der Waals surface area contributed by atoms with E-state index in [0.29, 0.717) is 0 Å². The van der Waals surface area contributed by atoms with E-state index >= 15 is 0 Å². The van der Waals surface area contributed by atoms with Crippen molar-refractivity contribution in [3.8, 4) is 0 Å². The lowest BCUT2D eigenvalue weighted by Crippen LogP contribution is -2.57. The van der Waals surface area contributed by atoms with E-state index < -0.39 is 39.7 Å². The maximum absolute atomic E-state index is 12.1. The number of hydrogen-bond acceptors (Lipinski definition) is 6. The molecule has 3 unspecified atom stereocenters. The van der Waals surface area contributed by atoms with Crippen LogP contribution in [0.5, 0.6) is 0 Å². The van der Waals surface area contributed by atoms with Gasteiger partial charge in [0, 0.05) is 13.6 Å². The van der Waals surface area contributed by atoms with Gasteiger partial charge in [-0.3, -0.25) is 9.59 Å². The van der Waals surface area contributed by atoms with Crippen LogP contribution in [0.4, 0.5) is 0 Å². The van der Waals surface area contributed by atoms with E-state index in [2.05, 4.69) is 16.0 Å². The van der Waals surface area contributed by atoms with Crippen LogP contribution in [0.2, 0.25) is 0 Å². The zero-order chi connectivity index (χ0) is 19.3. The van der Waals surface area contributed by atoms with Crippen molar-refractivity contribution in [1.29, 1.82) is 0 Å². The third kappa shape index (κ3) is 7.12. The van der Waals surface area contributed by atoms with Gasteiger partial charge < -0.3 is 21.1 Å². The summed E-state index contributed by atoms with van der Waals surface area (Å²) in [4.78, 5) is 24.1. The van der Waals surface area contributed by atoms with Gasteiger partial charge in [0.15, 0.2) is 0 Å². The number of hydrogen-bond donors (Lipinski definition) is 4. The van der Waals surface area contributed by atoms with Gasteiger partial charge in [-0.2, -0.15) is 0 Å². The average molecular weight is 366 g/mol. The van der Waals surface area contributed by atoms with E-state index in [9.17, 15) is 23.1 Å². The van der Waals surface area contributed by atoms with Gasteiger partial charge in [0.1, 0.15) is 6.04 Å². The number of carbonyl (C=O) groups is 2. The van der Waals surface area contributed by atoms with Crippen LogP contribution < -0.4 is 16.0 Å². The monoisotopic (exact) mass is 366 g/mol. The molecule has 0 aliphatic rings. The summed E-state index contributed by atoms with van der Waals surface area (Å²) in [7, 11) is -0.432. The van der Waals surface area contributed by atoms with Crippen molar-refractivity contribution in [3.63, 3.8) is 0 Å². The zero-order valence-corrected chi connectivity index (χ0v) is 16.2. The number of aliphatic hydroxyl groups is 1. The number of nitrogens with zero attached hydrogens (tertiary/aromatic N) is 1. The van der Waals surface area contributed by atoms with Crippen LogP contribution in [-0.2, 0) is 19.6 Å². The molecule has 9 nitrogen and oxygen atoms in total. The Morgan fingerprint density at radius 2 is 1.71 bits per heavy atom. The molecule has 0 bridgehead atoms. The zero-order valence-electron chi connectivity index (χ0n) is 15.4. The van der Waals surface area contributed by atoms with E-state index in [4.69, 9.17) is 0 Å². The Hall–Kier alpha value is -1.23. The van der Waals surface area contributed by atoms with Crippen LogP contribution in [0.25, 0.3) is 0 Å². The lowest BCUT2D eigenvalue weighted by molar-refractivity contribution is -0.132. The molecule has 3 atom stereocenters. The van der Waals surface area contributed by atoms with Crippen LogP contribution in [-0.4, -0.2) is 80.3 Å². The van der Waals surface area contributed by atoms with E-state index in [-0.39, 0.29) is 12.5 Å². The molecule has 0 aliphatic heterocycles. The molecule has 0 aliphatic carbocycles. The third-order valence-corrected chi connectivity index (χ3v) is 5.17. The SMILES string of the molecule is CNC(C)(C)C(=O)NC(C)C(=O)NC(C)C(O)CN(C)S(C)(=O)=O. The van der Waals surface area contributed by atoms with Gasteiger partial charge in [-0.1, -0.05) is 0 Å². The molecule has 0 spiro atoms. The first-order valence-corrected chi connectivity index (χ1v) is 9.46. The maximum Gasteiger partial charge on any atom is 0.242 e. The van der Waals surface area contributed by atoms with Gasteiger partial charge in [-0.05, 0) is 34.7 Å². The van der Waals surface area contributed by atoms with E-state index in [1.165, 1.54) is 14.0 Å². The van der Waals surface area contributed by atoms with Gasteiger partial charge in [-0.15, -0.1) is 0 Å². The highest BCUT2D eigenvalue weighted by molar-refractivity contribution is 7.88. The highest BCUT2D eigenvalue weighted by atomic mass is 32.2. The molecule has 0 saturated carbocycles. The number of amides is 2. The van der Waals surface area contributed by atoms with E-state index in [0.717, 1.165) is 10.6 Å². The first kappa shape index (κ1) is 22.8. The molecule has 10 heteroatoms. The third-order valence-electron chi connectivity index (χ3n) is 3.89. The van der Waals surface area contributed by atoms with Gasteiger partial charge in [-0.25, -0.2) is 12.7 Å². The predicted octanol–water partition coefficient (Wildman–Crippen LogP) is -1.75. The number of nitrogens with one attached hydrogen (secondary N) is 3. The second-order valence-corrected chi connectivity index (χ2v) is 8.57. The molecule has 0 radical (unpaired) electrons. The number of carbonyl (C=O) groups excluding carboxylic acids is 2. The van der Waals surface area contributed by atoms with Crippen LogP contribution in [0.1, 0.15) is 27.7 Å². The average Bonchev–Trinajstić information content (AvgIpc) is 2.45. The van der Waals surface area contributed by atoms with Gasteiger partial charge in [0.2, 0.25) is 21.8 Å². The minimum Gasteiger partial charge on any atom is -0.390 e. The van der Waals surface area contributed by atoms with E-state index in [1.807, 2.05) is 0 Å². The van der Waals surface area contributed by atoms with Gasteiger partial charge in [0.25, 0.3) is 0 Å². The van der Waals surface area contributed by atoms with Crippen LogP contribution in [0.15, 0.2) is 0 Å². The van der Waals surface area contributed by atoms with E-state index in [1.54, 1.807) is 27.8 Å². The van der Waals surface area contributed by atoms with Crippen molar-refractivity contribution in [2.75, 3.05) is 26.9 Å². The molecule has 0 aromatic carbocycles. The minimum absolute atomic E-state index is 0.145. The highest BCUT2D eigenvalue weighted by Gasteiger charge is 2.29. The second kappa shape index (κ2) is 8.75. The van der Waals surface area contributed by atoms with Crippen molar-refractivity contribution < 1.29 is 23.1 Å². The van der Waals surface area contributed by atoms with Crippen molar-refractivity contribution in [2.24, 2.45) is 0 Å². The lowest BCUT2D eigenvalue weighted by atomic mass is 10.0. The molecular weight excluding hydrogens is 336 g/mol. The smallest absolute Gasteiger partial charge is 0.242 e. The molecule has 4 N–H and O–H groups in total. The normalized spacial score (nSPS) is 16.4. The van der Waals surface area contributed by atoms with Gasteiger partial charge >= 0.3 is 0 Å². The van der Waals surface area contributed by atoms with Gasteiger partial charge in [0.05, 0.1) is 23.9 Å². The first-order chi connectivity index (χ1) is 10.7. The minimum atomic E-state index is -3.41. The Bertz CT molecular complexity index is 549. The topological polar surface area (TPSA) is 128 Å². The standard InChI is InChI=1S/C14H30N4O5S/c1-9(11(19)8-18(6)24(7,22)23)16-12(20)10(2)17-13(21)14(3,4)15-5/h9-11,15,19H,8H2,1-7H3,(H,16,20)(H,17,21). The van der Waals surface area contributed by atoms with Crippen LogP contribution in [0, 0.1) is 0 Å². The van der Waals surface area contributed by atoms with Crippen molar-refractivity contribution >= 4 is 21.8 Å². The quantitative estimate of drug-likeness (QED) is 0.383. The summed E-state index contributed by atoms with van der Waals surface area (Å²) in [6, 6.07) is -1.48. The van der Waals surface area contributed by atoms with Crippen molar-refractivity contribution in [2.45, 2.75) is 51.4 Å². The second-order valence-electron chi connectivity index (χ2n) is 6.48. The summed E-state index contributed by atoms with van der Waals surface area (Å²) < 4.78 is 23.7. The molecule has 0 rings (SSSR count). The molecule has 2 amide bonds. The molecule has 24 heavy (non-hydrogen) atoms. The highest BCUT2D eigenvalue weighted by Crippen LogP contribution is 2.03. The number of aliphatic hydroxyl groups excluding tert-OH is 1. The summed E-state index contributed by atoms with van der Waals surface area (Å²) >= 11 is 0. The summed E-state index contributed by atoms with van der Waals surface area (Å²) in [6.07, 6.45) is -0.0466. The molecular formula is C14H30N4O5S. The van der Waals surface area contributed by atoms with Crippen molar-refractivity contribution in [3.05, 3.63) is 0 Å². The maximum atomic E-state index is 12.1. The molecule has 142 valence electrons.